The van der Waals surface area contributed by atoms with E-state index in [9.17, 15) is 18.0 Å². The lowest BCUT2D eigenvalue weighted by atomic mass is 9.97. The standard InChI is InChI=1S/C29H29Cl2N3O5S/c30-22-12-13-23(31)27(17-22)40(37,38)33-16-6-9-21(18-33)29(36)34-19-26(39-25-11-5-4-10-24(25)34)28(35)32-15-14-20-7-2-1-3-8-20/h1-5,7-8,10-13,17,21,26H,6,9,14-16,18-19H2,(H,32,35). The van der Waals surface area contributed by atoms with Crippen LogP contribution >= 0.6 is 23.2 Å². The van der Waals surface area contributed by atoms with Crippen molar-refractivity contribution < 1.29 is 22.7 Å². The molecule has 0 aromatic heterocycles. The van der Waals surface area contributed by atoms with E-state index in [1.165, 1.54) is 22.5 Å². The highest BCUT2D eigenvalue weighted by Crippen LogP contribution is 2.36. The molecule has 3 aromatic rings. The molecule has 40 heavy (non-hydrogen) atoms. The summed E-state index contributed by atoms with van der Waals surface area (Å²) in [6.45, 7) is 0.717. The van der Waals surface area contributed by atoms with Crippen LogP contribution in [0.4, 0.5) is 5.69 Å². The minimum Gasteiger partial charge on any atom is -0.477 e. The lowest BCUT2D eigenvalue weighted by Crippen LogP contribution is -2.54. The van der Waals surface area contributed by atoms with Crippen molar-refractivity contribution in [2.45, 2.75) is 30.3 Å². The Morgan fingerprint density at radius 2 is 1.73 bits per heavy atom. The molecule has 0 radical (unpaired) electrons. The summed E-state index contributed by atoms with van der Waals surface area (Å²) in [5.74, 6) is -0.743. The summed E-state index contributed by atoms with van der Waals surface area (Å²) in [7, 11) is -3.97. The number of ether oxygens (including phenoxy) is 1. The van der Waals surface area contributed by atoms with Crippen molar-refractivity contribution in [2.75, 3.05) is 31.1 Å². The van der Waals surface area contributed by atoms with Gasteiger partial charge in [0.2, 0.25) is 15.9 Å². The van der Waals surface area contributed by atoms with Gasteiger partial charge in [0.05, 0.1) is 23.2 Å². The third-order valence-electron chi connectivity index (χ3n) is 7.13. The molecule has 3 aromatic carbocycles. The minimum atomic E-state index is -3.97. The SMILES string of the molecule is O=C(NCCc1ccccc1)C1CN(C(=O)C2CCCN(S(=O)(=O)c3cc(Cl)ccc3Cl)C2)c2ccccc2O1. The van der Waals surface area contributed by atoms with Gasteiger partial charge in [0.1, 0.15) is 10.6 Å². The molecule has 2 atom stereocenters. The van der Waals surface area contributed by atoms with Crippen molar-refractivity contribution in [3.63, 3.8) is 0 Å². The van der Waals surface area contributed by atoms with E-state index >= 15 is 0 Å². The zero-order valence-corrected chi connectivity index (χ0v) is 24.0. The Balaban J connectivity index is 1.31. The summed E-state index contributed by atoms with van der Waals surface area (Å²) in [6.07, 6.45) is 0.787. The van der Waals surface area contributed by atoms with Crippen LogP contribution in [0.1, 0.15) is 18.4 Å². The Kier molecular flexibility index (Phi) is 8.65. The minimum absolute atomic E-state index is 0.00251. The molecule has 1 saturated heterocycles. The fourth-order valence-corrected chi connectivity index (χ4v) is 7.33. The van der Waals surface area contributed by atoms with Gasteiger partial charge in [-0.05, 0) is 55.2 Å². The molecule has 0 aliphatic carbocycles. The first-order chi connectivity index (χ1) is 19.2. The van der Waals surface area contributed by atoms with Crippen LogP contribution in [0.5, 0.6) is 5.75 Å². The molecule has 2 unspecified atom stereocenters. The summed E-state index contributed by atoms with van der Waals surface area (Å²) in [5, 5.41) is 3.24. The molecule has 2 amide bonds. The number of halogens is 2. The van der Waals surface area contributed by atoms with Crippen LogP contribution in [0, 0.1) is 5.92 Å². The maximum atomic E-state index is 13.9. The Hall–Kier alpha value is -3.11. The molecule has 0 spiro atoms. The molecule has 0 bridgehead atoms. The van der Waals surface area contributed by atoms with Crippen molar-refractivity contribution >= 4 is 50.7 Å². The van der Waals surface area contributed by atoms with E-state index in [1.54, 1.807) is 29.2 Å². The number of benzene rings is 3. The van der Waals surface area contributed by atoms with Gasteiger partial charge in [-0.25, -0.2) is 8.42 Å². The number of piperidine rings is 1. The number of para-hydroxylation sites is 2. The first-order valence-corrected chi connectivity index (χ1v) is 15.3. The van der Waals surface area contributed by atoms with Crippen LogP contribution in [-0.4, -0.2) is 56.8 Å². The third kappa shape index (κ3) is 6.12. The van der Waals surface area contributed by atoms with Gasteiger partial charge in [-0.2, -0.15) is 4.31 Å². The predicted octanol–water partition coefficient (Wildman–Crippen LogP) is 4.55. The van der Waals surface area contributed by atoms with Crippen LogP contribution in [0.25, 0.3) is 0 Å². The van der Waals surface area contributed by atoms with Crippen molar-refractivity contribution in [1.82, 2.24) is 9.62 Å². The molecule has 1 N–H and O–H groups in total. The lowest BCUT2D eigenvalue weighted by molar-refractivity contribution is -0.129. The van der Waals surface area contributed by atoms with Crippen LogP contribution < -0.4 is 15.0 Å². The molecule has 2 heterocycles. The highest BCUT2D eigenvalue weighted by Gasteiger charge is 2.40. The maximum absolute atomic E-state index is 13.9. The summed E-state index contributed by atoms with van der Waals surface area (Å²) in [5.41, 5.74) is 1.66. The number of nitrogens with zero attached hydrogens (tertiary/aromatic N) is 2. The smallest absolute Gasteiger partial charge is 0.262 e. The van der Waals surface area contributed by atoms with Gasteiger partial charge in [-0.15, -0.1) is 0 Å². The van der Waals surface area contributed by atoms with Gasteiger partial charge in [-0.1, -0.05) is 65.7 Å². The van der Waals surface area contributed by atoms with Gasteiger partial charge in [0, 0.05) is 24.7 Å². The number of carbonyl (C=O) groups excluding carboxylic acids is 2. The van der Waals surface area contributed by atoms with Gasteiger partial charge in [0.15, 0.2) is 6.10 Å². The van der Waals surface area contributed by atoms with E-state index in [-0.39, 0.29) is 46.4 Å². The fraction of sp³-hybridized carbons (Fsp3) is 0.310. The number of rotatable bonds is 7. The van der Waals surface area contributed by atoms with Gasteiger partial charge in [-0.3, -0.25) is 9.59 Å². The molecule has 0 saturated carbocycles. The van der Waals surface area contributed by atoms with E-state index in [0.29, 0.717) is 37.2 Å². The number of fused-ring (bicyclic) bond motifs is 1. The van der Waals surface area contributed by atoms with Crippen molar-refractivity contribution in [3.8, 4) is 5.75 Å². The zero-order chi connectivity index (χ0) is 28.3. The molecule has 11 heteroatoms. The Bertz CT molecular complexity index is 1500. The maximum Gasteiger partial charge on any atom is 0.262 e. The first-order valence-electron chi connectivity index (χ1n) is 13.1. The van der Waals surface area contributed by atoms with E-state index in [0.717, 1.165) is 5.56 Å². The summed E-state index contributed by atoms with van der Waals surface area (Å²) in [6, 6.07) is 21.2. The van der Waals surface area contributed by atoms with Gasteiger partial charge in [0.25, 0.3) is 5.91 Å². The predicted molar refractivity (Wildman–Crippen MR) is 154 cm³/mol. The zero-order valence-electron chi connectivity index (χ0n) is 21.6. The summed E-state index contributed by atoms with van der Waals surface area (Å²) in [4.78, 5) is 28.4. The van der Waals surface area contributed by atoms with Crippen LogP contribution in [-0.2, 0) is 26.0 Å². The highest BCUT2D eigenvalue weighted by atomic mass is 35.5. The first kappa shape index (κ1) is 28.4. The topological polar surface area (TPSA) is 96.0 Å². The average Bonchev–Trinajstić information content (AvgIpc) is 2.98. The van der Waals surface area contributed by atoms with E-state index in [2.05, 4.69) is 5.32 Å². The van der Waals surface area contributed by atoms with Crippen molar-refractivity contribution in [2.24, 2.45) is 5.92 Å². The van der Waals surface area contributed by atoms with Crippen molar-refractivity contribution in [1.29, 1.82) is 0 Å². The quantitative estimate of drug-likeness (QED) is 0.429. The molecule has 1 fully saturated rings. The van der Waals surface area contributed by atoms with E-state index < -0.39 is 22.0 Å². The van der Waals surface area contributed by atoms with Gasteiger partial charge >= 0.3 is 0 Å². The Labute approximate surface area is 243 Å². The normalized spacial score (nSPS) is 19.4. The number of amides is 2. The summed E-state index contributed by atoms with van der Waals surface area (Å²) >= 11 is 12.2. The molecule has 2 aliphatic rings. The van der Waals surface area contributed by atoms with Crippen LogP contribution in [0.2, 0.25) is 10.0 Å². The van der Waals surface area contributed by atoms with E-state index in [4.69, 9.17) is 27.9 Å². The second-order valence-corrected chi connectivity index (χ2v) is 12.6. The second-order valence-electron chi connectivity index (χ2n) is 9.83. The second kappa shape index (κ2) is 12.2. The molecule has 5 rings (SSSR count). The lowest BCUT2D eigenvalue weighted by Gasteiger charge is -2.38. The van der Waals surface area contributed by atoms with Gasteiger partial charge < -0.3 is 15.0 Å². The number of sulfonamides is 1. The number of hydrogen-bond acceptors (Lipinski definition) is 5. The number of carbonyl (C=O) groups is 2. The number of nitrogens with one attached hydrogen (secondary N) is 1. The Morgan fingerprint density at radius 3 is 2.52 bits per heavy atom. The molecular formula is C29H29Cl2N3O5S. The largest absolute Gasteiger partial charge is 0.477 e. The monoisotopic (exact) mass is 601 g/mol. The van der Waals surface area contributed by atoms with E-state index in [1.807, 2.05) is 30.3 Å². The average molecular weight is 603 g/mol. The summed E-state index contributed by atoms with van der Waals surface area (Å²) < 4.78 is 34.1. The van der Waals surface area contributed by atoms with Crippen LogP contribution in [0.3, 0.4) is 0 Å². The number of hydrogen-bond donors (Lipinski definition) is 1. The molecular weight excluding hydrogens is 573 g/mol. The number of anilines is 1. The third-order valence-corrected chi connectivity index (χ3v) is 9.71. The van der Waals surface area contributed by atoms with Crippen molar-refractivity contribution in [3.05, 3.63) is 88.4 Å². The fourth-order valence-electron chi connectivity index (χ4n) is 5.06. The molecule has 8 nitrogen and oxygen atoms in total. The Morgan fingerprint density at radius 1 is 0.975 bits per heavy atom. The molecule has 2 aliphatic heterocycles. The molecule has 210 valence electrons. The van der Waals surface area contributed by atoms with Crippen LogP contribution in [0.15, 0.2) is 77.7 Å². The highest BCUT2D eigenvalue weighted by molar-refractivity contribution is 7.89.